The van der Waals surface area contributed by atoms with Crippen LogP contribution >= 0.6 is 0 Å². The average molecular weight is 439 g/mol. The lowest BCUT2D eigenvalue weighted by Gasteiger charge is -2.23. The number of imidazole rings is 1. The molecule has 0 spiro atoms. The first-order chi connectivity index (χ1) is 15.3. The Balaban J connectivity index is 1.61. The number of anilines is 1. The van der Waals surface area contributed by atoms with Gasteiger partial charge in [0.2, 0.25) is 5.95 Å². The highest BCUT2D eigenvalue weighted by Gasteiger charge is 2.27. The maximum absolute atomic E-state index is 14.3. The van der Waals surface area contributed by atoms with Crippen LogP contribution in [-0.4, -0.2) is 15.1 Å². The Kier molecular flexibility index (Phi) is 5.80. The Morgan fingerprint density at radius 1 is 1.09 bits per heavy atom. The van der Waals surface area contributed by atoms with Gasteiger partial charge in [-0.05, 0) is 36.6 Å². The molecule has 2 aromatic heterocycles. The molecule has 32 heavy (non-hydrogen) atoms. The maximum atomic E-state index is 14.3. The molecule has 0 saturated carbocycles. The first-order valence-electron chi connectivity index (χ1n) is 10.4. The van der Waals surface area contributed by atoms with E-state index in [1.165, 1.54) is 12.1 Å². The monoisotopic (exact) mass is 439 g/mol. The molecule has 0 aliphatic heterocycles. The first kappa shape index (κ1) is 21.7. The summed E-state index contributed by atoms with van der Waals surface area (Å²) in [6.45, 7) is 4.19. The van der Waals surface area contributed by atoms with Crippen molar-refractivity contribution in [1.82, 2.24) is 9.97 Å². The minimum absolute atomic E-state index is 0.123. The lowest BCUT2D eigenvalue weighted by molar-refractivity contribution is 0.0245. The minimum Gasteiger partial charge on any atom is -0.423 e. The van der Waals surface area contributed by atoms with Crippen molar-refractivity contribution >= 4 is 16.9 Å². The van der Waals surface area contributed by atoms with Crippen LogP contribution in [0.4, 0.5) is 14.7 Å². The summed E-state index contributed by atoms with van der Waals surface area (Å²) in [5, 5.41) is 14.3. The molecular formula is C24H23F2N3O3. The van der Waals surface area contributed by atoms with Crippen LogP contribution in [0.1, 0.15) is 37.9 Å². The van der Waals surface area contributed by atoms with E-state index in [-0.39, 0.29) is 5.56 Å². The maximum Gasteiger partial charge on any atom is 0.336 e. The first-order valence-corrected chi connectivity index (χ1v) is 10.4. The molecule has 2 aromatic carbocycles. The summed E-state index contributed by atoms with van der Waals surface area (Å²) in [6, 6.07) is 9.66. The van der Waals surface area contributed by atoms with Gasteiger partial charge < -0.3 is 19.8 Å². The quantitative estimate of drug-likeness (QED) is 0.349. The zero-order valence-electron chi connectivity index (χ0n) is 17.7. The fraction of sp³-hybridized carbons (Fsp3) is 0.250. The van der Waals surface area contributed by atoms with Gasteiger partial charge in [0.1, 0.15) is 22.8 Å². The fourth-order valence-electron chi connectivity index (χ4n) is 3.71. The summed E-state index contributed by atoms with van der Waals surface area (Å²) in [4.78, 5) is 19.4. The van der Waals surface area contributed by atoms with Crippen molar-refractivity contribution in [3.05, 3.63) is 82.0 Å². The number of rotatable bonds is 7. The molecule has 8 heteroatoms. The Bertz CT molecular complexity index is 1330. The van der Waals surface area contributed by atoms with Gasteiger partial charge in [0.05, 0.1) is 11.9 Å². The molecule has 0 radical (unpaired) electrons. The van der Waals surface area contributed by atoms with Gasteiger partial charge in [0, 0.05) is 35.2 Å². The third-order valence-electron chi connectivity index (χ3n) is 5.74. The Hall–Kier alpha value is -3.52. The highest BCUT2D eigenvalue weighted by molar-refractivity contribution is 5.93. The lowest BCUT2D eigenvalue weighted by atomic mass is 9.94. The predicted octanol–water partition coefficient (Wildman–Crippen LogP) is 5.08. The highest BCUT2D eigenvalue weighted by atomic mass is 19.1. The SMILES string of the molecule is CCC(O)(CC)c1cnc(NCc2ccc3c(-c4ccc(F)cc4F)cc(=O)oc3c2)[nH]1. The summed E-state index contributed by atoms with van der Waals surface area (Å²) in [7, 11) is 0. The molecule has 6 nitrogen and oxygen atoms in total. The average Bonchev–Trinajstić information content (AvgIpc) is 3.26. The molecule has 166 valence electrons. The number of halogens is 2. The van der Waals surface area contributed by atoms with Crippen molar-refractivity contribution in [2.45, 2.75) is 38.8 Å². The van der Waals surface area contributed by atoms with Crippen LogP contribution < -0.4 is 10.9 Å². The van der Waals surface area contributed by atoms with Crippen LogP contribution in [0.3, 0.4) is 0 Å². The molecule has 0 aliphatic carbocycles. The van der Waals surface area contributed by atoms with E-state index < -0.39 is 22.9 Å². The number of aromatic amines is 1. The molecule has 3 N–H and O–H groups in total. The van der Waals surface area contributed by atoms with Crippen LogP contribution in [0.25, 0.3) is 22.1 Å². The summed E-state index contributed by atoms with van der Waals surface area (Å²) < 4.78 is 32.9. The molecule has 0 atom stereocenters. The Morgan fingerprint density at radius 3 is 2.59 bits per heavy atom. The van der Waals surface area contributed by atoms with Crippen molar-refractivity contribution in [2.75, 3.05) is 5.32 Å². The number of aromatic nitrogens is 2. The Morgan fingerprint density at radius 2 is 1.88 bits per heavy atom. The highest BCUT2D eigenvalue weighted by Crippen LogP contribution is 2.31. The standard InChI is InChI=1S/C24H23F2N3O3/c1-3-24(31,4-2)21-13-28-23(29-21)27-12-14-5-7-17-18(11-22(30)32-20(17)9-14)16-8-6-15(25)10-19(16)26/h5-11,13,31H,3-4,12H2,1-2H3,(H2,27,28,29). The molecule has 0 fully saturated rings. The number of H-pyrrole nitrogens is 1. The van der Waals surface area contributed by atoms with Crippen molar-refractivity contribution < 1.29 is 18.3 Å². The molecule has 0 amide bonds. The molecule has 0 unspecified atom stereocenters. The van der Waals surface area contributed by atoms with E-state index >= 15 is 0 Å². The van der Waals surface area contributed by atoms with E-state index in [9.17, 15) is 18.7 Å². The van der Waals surface area contributed by atoms with Gasteiger partial charge in [-0.3, -0.25) is 0 Å². The van der Waals surface area contributed by atoms with Crippen LogP contribution in [0.2, 0.25) is 0 Å². The van der Waals surface area contributed by atoms with Gasteiger partial charge in [0.25, 0.3) is 0 Å². The van der Waals surface area contributed by atoms with Crippen LogP contribution in [0, 0.1) is 11.6 Å². The number of hydrogen-bond acceptors (Lipinski definition) is 5. The number of fused-ring (bicyclic) bond motifs is 1. The summed E-state index contributed by atoms with van der Waals surface area (Å²) in [6.07, 6.45) is 2.73. The smallest absolute Gasteiger partial charge is 0.336 e. The largest absolute Gasteiger partial charge is 0.423 e. The number of aliphatic hydroxyl groups is 1. The zero-order chi connectivity index (χ0) is 22.9. The summed E-state index contributed by atoms with van der Waals surface area (Å²) in [5.74, 6) is -0.941. The van der Waals surface area contributed by atoms with E-state index in [0.29, 0.717) is 47.6 Å². The lowest BCUT2D eigenvalue weighted by Crippen LogP contribution is -2.23. The third-order valence-corrected chi connectivity index (χ3v) is 5.74. The van der Waals surface area contributed by atoms with Gasteiger partial charge in [-0.15, -0.1) is 0 Å². The van der Waals surface area contributed by atoms with Crippen molar-refractivity contribution in [3.63, 3.8) is 0 Å². The zero-order valence-corrected chi connectivity index (χ0v) is 17.7. The second-order valence-electron chi connectivity index (χ2n) is 7.67. The third kappa shape index (κ3) is 4.13. The van der Waals surface area contributed by atoms with Crippen LogP contribution in [-0.2, 0) is 12.1 Å². The van der Waals surface area contributed by atoms with Crippen LogP contribution in [0.5, 0.6) is 0 Å². The van der Waals surface area contributed by atoms with Crippen molar-refractivity contribution in [3.8, 4) is 11.1 Å². The second kappa shape index (κ2) is 8.55. The molecular weight excluding hydrogens is 416 g/mol. The molecule has 4 aromatic rings. The van der Waals surface area contributed by atoms with Crippen LogP contribution in [0.15, 0.2) is 57.9 Å². The van der Waals surface area contributed by atoms with Gasteiger partial charge in [0.15, 0.2) is 0 Å². The van der Waals surface area contributed by atoms with E-state index in [1.54, 1.807) is 18.3 Å². The van der Waals surface area contributed by atoms with E-state index in [1.807, 2.05) is 19.9 Å². The molecule has 0 saturated heterocycles. The topological polar surface area (TPSA) is 91.2 Å². The number of nitrogens with one attached hydrogen (secondary N) is 2. The van der Waals surface area contributed by atoms with Gasteiger partial charge in [-0.1, -0.05) is 26.0 Å². The van der Waals surface area contributed by atoms with Crippen molar-refractivity contribution in [2.24, 2.45) is 0 Å². The predicted molar refractivity (Wildman–Crippen MR) is 118 cm³/mol. The molecule has 2 heterocycles. The van der Waals surface area contributed by atoms with Gasteiger partial charge >= 0.3 is 5.63 Å². The summed E-state index contributed by atoms with van der Waals surface area (Å²) >= 11 is 0. The molecule has 0 aliphatic rings. The van der Waals surface area contributed by atoms with Crippen molar-refractivity contribution in [1.29, 1.82) is 0 Å². The van der Waals surface area contributed by atoms with E-state index in [4.69, 9.17) is 4.42 Å². The van der Waals surface area contributed by atoms with Gasteiger partial charge in [-0.2, -0.15) is 0 Å². The van der Waals surface area contributed by atoms with E-state index in [2.05, 4.69) is 15.3 Å². The Labute approximate surface area is 182 Å². The normalized spacial score (nSPS) is 11.8. The number of benzene rings is 2. The summed E-state index contributed by atoms with van der Waals surface area (Å²) in [5.41, 5.74) is 0.611. The minimum atomic E-state index is -0.953. The number of hydrogen-bond donors (Lipinski definition) is 3. The van der Waals surface area contributed by atoms with E-state index in [0.717, 1.165) is 17.7 Å². The number of nitrogens with zero attached hydrogens (tertiary/aromatic N) is 1. The molecule has 0 bridgehead atoms. The molecule has 4 rings (SSSR count). The fourth-order valence-corrected chi connectivity index (χ4v) is 3.71. The second-order valence-corrected chi connectivity index (χ2v) is 7.67. The van der Waals surface area contributed by atoms with Gasteiger partial charge in [-0.25, -0.2) is 18.6 Å².